The van der Waals surface area contributed by atoms with Crippen LogP contribution in [0.3, 0.4) is 0 Å². The number of amides is 1. The molecule has 0 unspecified atom stereocenters. The Morgan fingerprint density at radius 2 is 1.92 bits per heavy atom. The van der Waals surface area contributed by atoms with Crippen LogP contribution >= 0.6 is 0 Å². The van der Waals surface area contributed by atoms with Gasteiger partial charge in [0.05, 0.1) is 5.39 Å². The average Bonchev–Trinajstić information content (AvgIpc) is 2.48. The van der Waals surface area contributed by atoms with Crippen molar-refractivity contribution in [2.24, 2.45) is 5.92 Å². The smallest absolute Gasteiger partial charge is 0.328 e. The number of nitrogens with zero attached hydrogens (tertiary/aromatic N) is 2. The van der Waals surface area contributed by atoms with Crippen LogP contribution in [-0.2, 0) is 0 Å². The van der Waals surface area contributed by atoms with E-state index in [-0.39, 0.29) is 28.9 Å². The average molecular weight is 339 g/mol. The Labute approximate surface area is 135 Å². The number of alkyl halides is 3. The highest BCUT2D eigenvalue weighted by atomic mass is 19.4. The molecule has 0 atom stereocenters. The zero-order valence-corrected chi connectivity index (χ0v) is 12.8. The lowest BCUT2D eigenvalue weighted by atomic mass is 9.85. The van der Waals surface area contributed by atoms with Crippen LogP contribution in [0.5, 0.6) is 0 Å². The number of hydrogen-bond donors (Lipinski definition) is 1. The molecule has 1 heterocycles. The Morgan fingerprint density at radius 3 is 2.50 bits per heavy atom. The van der Waals surface area contributed by atoms with Gasteiger partial charge in [-0.2, -0.15) is 18.3 Å². The zero-order chi connectivity index (χ0) is 17.3. The second-order valence-electron chi connectivity index (χ2n) is 6.04. The highest BCUT2D eigenvalue weighted by molar-refractivity contribution is 6.04. The number of H-pyrrole nitrogens is 1. The number of aromatic nitrogens is 2. The third-order valence-corrected chi connectivity index (χ3v) is 4.26. The van der Waals surface area contributed by atoms with Gasteiger partial charge in [-0.05, 0) is 24.8 Å². The van der Waals surface area contributed by atoms with Crippen molar-refractivity contribution in [2.75, 3.05) is 13.1 Å². The van der Waals surface area contributed by atoms with Crippen LogP contribution in [0.4, 0.5) is 13.2 Å². The van der Waals surface area contributed by atoms with E-state index in [1.807, 2.05) is 0 Å². The molecular weight excluding hydrogens is 323 g/mol. The number of nitrogens with one attached hydrogen (secondary N) is 1. The van der Waals surface area contributed by atoms with Crippen molar-refractivity contribution in [3.63, 3.8) is 0 Å². The predicted molar refractivity (Wildman–Crippen MR) is 81.7 cm³/mol. The van der Waals surface area contributed by atoms with Crippen molar-refractivity contribution in [1.29, 1.82) is 0 Å². The molecule has 1 fully saturated rings. The summed E-state index contributed by atoms with van der Waals surface area (Å²) in [5.41, 5.74) is -0.641. The molecule has 1 aromatic heterocycles. The number of fused-ring (bicyclic) bond motifs is 1. The van der Waals surface area contributed by atoms with E-state index in [1.54, 1.807) is 12.1 Å². The molecule has 1 aromatic carbocycles. The minimum Gasteiger partial charge on any atom is -0.328 e. The number of rotatable bonds is 4. The van der Waals surface area contributed by atoms with E-state index in [9.17, 15) is 22.8 Å². The van der Waals surface area contributed by atoms with Crippen LogP contribution in [0.2, 0.25) is 0 Å². The lowest BCUT2D eigenvalue weighted by Gasteiger charge is -2.32. The summed E-state index contributed by atoms with van der Waals surface area (Å²) in [7, 11) is 0. The third-order valence-electron chi connectivity index (χ3n) is 4.26. The monoisotopic (exact) mass is 339 g/mol. The summed E-state index contributed by atoms with van der Waals surface area (Å²) in [6, 6.07) is 6.25. The molecule has 5 nitrogen and oxygen atoms in total. The second-order valence-corrected chi connectivity index (χ2v) is 6.04. The largest absolute Gasteiger partial charge is 0.406 e. The number of benzene rings is 1. The first-order chi connectivity index (χ1) is 11.3. The summed E-state index contributed by atoms with van der Waals surface area (Å²) >= 11 is 0. The zero-order valence-electron chi connectivity index (χ0n) is 12.8. The molecule has 0 spiro atoms. The van der Waals surface area contributed by atoms with E-state index in [1.165, 1.54) is 12.1 Å². The van der Waals surface area contributed by atoms with Gasteiger partial charge in [0.25, 0.3) is 11.5 Å². The van der Waals surface area contributed by atoms with Gasteiger partial charge in [-0.3, -0.25) is 9.59 Å². The molecule has 1 N–H and O–H groups in total. The molecule has 1 amide bonds. The number of aromatic amines is 1. The van der Waals surface area contributed by atoms with Gasteiger partial charge in [0, 0.05) is 11.9 Å². The standard InChI is InChI=1S/C16H16F3N3O2/c17-16(18,19)9-22(8-10-4-3-5-10)15(24)13-11-6-1-2-7-12(11)14(23)21-20-13/h1-2,6-7,10H,3-5,8-9H2,(H,21,23). The Bertz CT molecular complexity index is 812. The molecule has 1 aliphatic rings. The van der Waals surface area contributed by atoms with Crippen molar-refractivity contribution < 1.29 is 18.0 Å². The van der Waals surface area contributed by atoms with Crippen LogP contribution < -0.4 is 5.56 Å². The van der Waals surface area contributed by atoms with E-state index in [4.69, 9.17) is 0 Å². The quantitative estimate of drug-likeness (QED) is 0.931. The van der Waals surface area contributed by atoms with Crippen LogP contribution in [-0.4, -0.2) is 40.3 Å². The maximum atomic E-state index is 12.9. The molecule has 0 radical (unpaired) electrons. The lowest BCUT2D eigenvalue weighted by molar-refractivity contribution is -0.142. The molecule has 0 bridgehead atoms. The van der Waals surface area contributed by atoms with E-state index >= 15 is 0 Å². The van der Waals surface area contributed by atoms with Gasteiger partial charge < -0.3 is 4.90 Å². The van der Waals surface area contributed by atoms with Crippen LogP contribution in [0.15, 0.2) is 29.1 Å². The second kappa shape index (κ2) is 6.26. The normalized spacial score (nSPS) is 15.3. The van der Waals surface area contributed by atoms with Gasteiger partial charge in [0.2, 0.25) is 0 Å². The molecule has 0 saturated heterocycles. The van der Waals surface area contributed by atoms with Crippen molar-refractivity contribution in [3.8, 4) is 0 Å². The van der Waals surface area contributed by atoms with Gasteiger partial charge in [-0.1, -0.05) is 24.6 Å². The van der Waals surface area contributed by atoms with Crippen molar-refractivity contribution >= 4 is 16.7 Å². The molecule has 24 heavy (non-hydrogen) atoms. The highest BCUT2D eigenvalue weighted by Crippen LogP contribution is 2.29. The number of hydrogen-bond acceptors (Lipinski definition) is 3. The maximum absolute atomic E-state index is 12.9. The molecule has 2 aromatic rings. The Morgan fingerprint density at radius 1 is 1.25 bits per heavy atom. The minimum atomic E-state index is -4.49. The van der Waals surface area contributed by atoms with E-state index < -0.39 is 24.2 Å². The molecule has 1 saturated carbocycles. The van der Waals surface area contributed by atoms with Crippen molar-refractivity contribution in [2.45, 2.75) is 25.4 Å². The van der Waals surface area contributed by atoms with E-state index in [0.717, 1.165) is 24.2 Å². The first-order valence-electron chi connectivity index (χ1n) is 7.68. The Hall–Kier alpha value is -2.38. The first kappa shape index (κ1) is 16.5. The third kappa shape index (κ3) is 3.42. The minimum absolute atomic E-state index is 0.0491. The fraction of sp³-hybridized carbons (Fsp3) is 0.438. The van der Waals surface area contributed by atoms with E-state index in [0.29, 0.717) is 0 Å². The van der Waals surface area contributed by atoms with Gasteiger partial charge >= 0.3 is 6.18 Å². The summed E-state index contributed by atoms with van der Waals surface area (Å²) in [5.74, 6) is -0.725. The lowest BCUT2D eigenvalue weighted by Crippen LogP contribution is -2.43. The van der Waals surface area contributed by atoms with Gasteiger partial charge in [0.1, 0.15) is 6.54 Å². The van der Waals surface area contributed by atoms with Gasteiger partial charge in [-0.25, -0.2) is 5.10 Å². The molecule has 1 aliphatic carbocycles. The fourth-order valence-electron chi connectivity index (χ4n) is 2.85. The maximum Gasteiger partial charge on any atom is 0.406 e. The Kier molecular flexibility index (Phi) is 4.29. The molecule has 128 valence electrons. The molecule has 8 heteroatoms. The predicted octanol–water partition coefficient (Wildman–Crippen LogP) is 2.73. The summed E-state index contributed by atoms with van der Waals surface area (Å²) in [4.78, 5) is 25.2. The van der Waals surface area contributed by atoms with Crippen molar-refractivity contribution in [3.05, 3.63) is 40.3 Å². The Balaban J connectivity index is 1.97. The van der Waals surface area contributed by atoms with Gasteiger partial charge in [0.15, 0.2) is 5.69 Å². The van der Waals surface area contributed by atoms with Crippen LogP contribution in [0.1, 0.15) is 29.8 Å². The topological polar surface area (TPSA) is 66.1 Å². The summed E-state index contributed by atoms with van der Waals surface area (Å²) in [5, 5.41) is 6.39. The van der Waals surface area contributed by atoms with Crippen molar-refractivity contribution in [1.82, 2.24) is 15.1 Å². The summed E-state index contributed by atoms with van der Waals surface area (Å²) in [6.07, 6.45) is -1.88. The van der Waals surface area contributed by atoms with Gasteiger partial charge in [-0.15, -0.1) is 0 Å². The van der Waals surface area contributed by atoms with Crippen LogP contribution in [0, 0.1) is 5.92 Å². The molecule has 0 aliphatic heterocycles. The highest BCUT2D eigenvalue weighted by Gasteiger charge is 2.36. The SMILES string of the molecule is O=C(c1n[nH]c(=O)c2ccccc12)N(CC1CCC1)CC(F)(F)F. The number of carbonyl (C=O) groups is 1. The number of halogens is 3. The first-order valence-corrected chi connectivity index (χ1v) is 7.68. The summed E-state index contributed by atoms with van der Waals surface area (Å²) in [6.45, 7) is -1.27. The molecular formula is C16H16F3N3O2. The van der Waals surface area contributed by atoms with Crippen LogP contribution in [0.25, 0.3) is 10.8 Å². The molecule has 3 rings (SSSR count). The number of carbonyl (C=O) groups excluding carboxylic acids is 1. The summed E-state index contributed by atoms with van der Waals surface area (Å²) < 4.78 is 38.6. The fourth-order valence-corrected chi connectivity index (χ4v) is 2.85. The van der Waals surface area contributed by atoms with E-state index in [2.05, 4.69) is 10.2 Å².